The molecule has 0 saturated heterocycles. The average molecular weight is 753 g/mol. The normalized spacial score (nSPS) is 13.5. The van der Waals surface area contributed by atoms with Crippen molar-refractivity contribution in [1.82, 2.24) is 4.90 Å². The number of aliphatic imine (C=N–C) groups is 1. The Labute approximate surface area is 318 Å². The first-order valence-corrected chi connectivity index (χ1v) is 17.6. The molecule has 264 valence electrons. The van der Waals surface area contributed by atoms with Gasteiger partial charge in [0, 0.05) is 30.2 Å². The summed E-state index contributed by atoms with van der Waals surface area (Å²) < 4.78 is 0. The van der Waals surface area contributed by atoms with Crippen molar-refractivity contribution in [3.8, 4) is 11.1 Å². The van der Waals surface area contributed by atoms with Crippen LogP contribution < -0.4 is 5.73 Å². The Bertz CT molecular complexity index is 2190. The van der Waals surface area contributed by atoms with E-state index in [-0.39, 0.29) is 28.9 Å². The Morgan fingerprint density at radius 3 is 1.98 bits per heavy atom. The van der Waals surface area contributed by atoms with E-state index in [9.17, 15) is 14.7 Å². The zero-order chi connectivity index (χ0) is 35.3. The van der Waals surface area contributed by atoms with E-state index in [0.29, 0.717) is 66.4 Å². The summed E-state index contributed by atoms with van der Waals surface area (Å²) in [5.41, 5.74) is 12.4. The van der Waals surface area contributed by atoms with E-state index in [1.807, 2.05) is 30.3 Å². The van der Waals surface area contributed by atoms with Gasteiger partial charge in [-0.25, -0.2) is 4.79 Å². The maximum atomic E-state index is 14.0. The Kier molecular flexibility index (Phi) is 11.8. The second kappa shape index (κ2) is 16.7. The number of fused-ring (bicyclic) bond motifs is 7. The van der Waals surface area contributed by atoms with Crippen molar-refractivity contribution in [2.75, 3.05) is 13.1 Å². The Morgan fingerprint density at radius 1 is 0.788 bits per heavy atom. The summed E-state index contributed by atoms with van der Waals surface area (Å²) in [7, 11) is 0. The number of nitrogens with two attached hydrogens (primary N) is 1. The van der Waals surface area contributed by atoms with Crippen LogP contribution >= 0.6 is 11.6 Å². The van der Waals surface area contributed by atoms with Gasteiger partial charge in [-0.15, -0.1) is 5.69 Å². The number of aliphatic carboxylic acids is 1. The van der Waals surface area contributed by atoms with Gasteiger partial charge < -0.3 is 21.0 Å². The minimum atomic E-state index is -1.03. The molecular weight excluding hydrogens is 715 g/mol. The molecule has 1 aliphatic heterocycles. The van der Waals surface area contributed by atoms with Crippen LogP contribution in [0, 0.1) is 0 Å². The largest absolute Gasteiger partial charge is 2.00 e. The van der Waals surface area contributed by atoms with Crippen LogP contribution in [0.3, 0.4) is 0 Å². The van der Waals surface area contributed by atoms with Crippen LogP contribution in [0.5, 0.6) is 0 Å². The molecule has 0 saturated carbocycles. The van der Waals surface area contributed by atoms with Crippen LogP contribution in [0.25, 0.3) is 38.0 Å². The van der Waals surface area contributed by atoms with E-state index in [1.54, 1.807) is 18.2 Å². The molecule has 1 amide bonds. The Morgan fingerprint density at radius 2 is 1.38 bits per heavy atom. The van der Waals surface area contributed by atoms with Gasteiger partial charge in [0.2, 0.25) is 0 Å². The molecule has 1 aliphatic rings. The second-order valence-corrected chi connectivity index (χ2v) is 13.4. The van der Waals surface area contributed by atoms with Gasteiger partial charge in [-0.05, 0) is 87.3 Å². The average Bonchev–Trinajstić information content (AvgIpc) is 3.30. The van der Waals surface area contributed by atoms with Gasteiger partial charge in [-0.1, -0.05) is 121 Å². The number of halogens is 1. The zero-order valence-electron chi connectivity index (χ0n) is 28.5. The number of carboxylic acids is 1. The van der Waals surface area contributed by atoms with Crippen molar-refractivity contribution in [1.29, 1.82) is 0 Å². The number of carboxylic acid groups (broad SMARTS) is 1. The molecule has 1 heterocycles. The number of carbonyl (C=O) groups is 2. The molecule has 0 bridgehead atoms. The monoisotopic (exact) mass is 751 g/mol. The molecule has 0 aliphatic carbocycles. The maximum absolute atomic E-state index is 14.0. The van der Waals surface area contributed by atoms with E-state index >= 15 is 0 Å². The fourth-order valence-corrected chi connectivity index (χ4v) is 7.24. The van der Waals surface area contributed by atoms with Crippen molar-refractivity contribution in [3.63, 3.8) is 0 Å². The number of amides is 1. The molecule has 52 heavy (non-hydrogen) atoms. The molecule has 0 unspecified atom stereocenters. The predicted molar refractivity (Wildman–Crippen MR) is 207 cm³/mol. The third-order valence-electron chi connectivity index (χ3n) is 9.44. The number of hydrogen-bond donors (Lipinski definition) is 2. The van der Waals surface area contributed by atoms with Gasteiger partial charge in [0.25, 0.3) is 0 Å². The zero-order valence-corrected chi connectivity index (χ0v) is 30.2. The first kappa shape index (κ1) is 36.9. The first-order chi connectivity index (χ1) is 24.9. The Balaban J connectivity index is 0.00000464. The molecule has 0 radical (unpaired) electrons. The number of carbonyl (C=O) groups excluding carboxylic acids is 1. The molecule has 7 nitrogen and oxygen atoms in total. The van der Waals surface area contributed by atoms with Crippen LogP contribution in [0.15, 0.2) is 126 Å². The first-order valence-electron chi connectivity index (χ1n) is 17.2. The number of nitrogens with zero attached hydrogens (tertiary/aromatic N) is 3. The van der Waals surface area contributed by atoms with Crippen LogP contribution in [0.2, 0.25) is 5.02 Å². The van der Waals surface area contributed by atoms with Crippen molar-refractivity contribution in [3.05, 3.63) is 154 Å². The summed E-state index contributed by atoms with van der Waals surface area (Å²) >= 11 is 6.52. The fourth-order valence-electron chi connectivity index (χ4n) is 7.07. The smallest absolute Gasteiger partial charge is 0.625 e. The molecule has 3 N–H and O–H groups in total. The topological polar surface area (TPSA) is 110 Å². The number of unbranched alkanes of at least 4 members (excludes halogenated alkanes) is 1. The van der Waals surface area contributed by atoms with Gasteiger partial charge in [0.1, 0.15) is 6.04 Å². The summed E-state index contributed by atoms with van der Waals surface area (Å²) in [6, 6.07) is 39.0. The maximum Gasteiger partial charge on any atom is 2.00 e. The molecule has 7 rings (SSSR count). The van der Waals surface area contributed by atoms with Gasteiger partial charge in [0.15, 0.2) is 0 Å². The summed E-state index contributed by atoms with van der Waals surface area (Å²) in [6.45, 7) is 1.69. The van der Waals surface area contributed by atoms with Crippen molar-refractivity contribution < 1.29 is 31.2 Å². The van der Waals surface area contributed by atoms with E-state index in [4.69, 9.17) is 22.3 Å². The van der Waals surface area contributed by atoms with Crippen LogP contribution in [0.1, 0.15) is 41.5 Å². The van der Waals surface area contributed by atoms with Gasteiger partial charge in [-0.3, -0.25) is 9.89 Å². The number of hydrogen-bond acceptors (Lipinski definition) is 5. The van der Waals surface area contributed by atoms with E-state index in [1.165, 1.54) is 32.7 Å². The van der Waals surface area contributed by atoms with Crippen LogP contribution in [-0.4, -0.2) is 46.7 Å². The fraction of sp³-hybridized carbons (Fsp3) is 0.186. The third kappa shape index (κ3) is 7.96. The summed E-state index contributed by atoms with van der Waals surface area (Å²) in [5.74, 6) is -1.35. The molecule has 6 aromatic carbocycles. The standard InChI is InChI=1S/C43H39ClN4O3.Ni/c44-33-21-22-37(36(24-33)42(30-12-2-1-3-13-30)47-38(43(50)51)16-8-9-23-45)46-39(49)27-48-25-31-19-17-28-10-4-6-14-34(28)40(31)41-32(26-48)20-18-29-11-5-7-15-35(29)41;/h1-7,10-15,17-22,24,38H,8-9,16,23,25-27,45H2,(H2,46,47,49,50,51);/q;+2/p-1/t38-;/m0./s1. The molecule has 6 aromatic rings. The van der Waals surface area contributed by atoms with Crippen molar-refractivity contribution in [2.24, 2.45) is 10.7 Å². The van der Waals surface area contributed by atoms with Crippen LogP contribution in [-0.2, 0) is 39.2 Å². The quantitative estimate of drug-likeness (QED) is 0.0779. The molecular formula is C43H38ClN4NiO3+. The predicted octanol–water partition coefficient (Wildman–Crippen LogP) is 9.28. The van der Waals surface area contributed by atoms with Gasteiger partial charge >= 0.3 is 22.5 Å². The number of benzene rings is 6. The van der Waals surface area contributed by atoms with Gasteiger partial charge in [-0.2, -0.15) is 0 Å². The molecule has 0 aromatic heterocycles. The molecule has 1 atom stereocenters. The summed E-state index contributed by atoms with van der Waals surface area (Å²) in [4.78, 5) is 33.2. The SMILES string of the molecule is NCCCC[C@H](N=C(c1ccccc1)c1cc(Cl)ccc1[N-]C(=O)CN1Cc2ccc3ccccc3c2-c2c(ccc3ccccc23)C1)C(=O)O.[Ni+2]. The molecule has 0 fully saturated rings. The molecule has 0 spiro atoms. The van der Waals surface area contributed by atoms with E-state index in [0.717, 1.165) is 11.1 Å². The minimum Gasteiger partial charge on any atom is -0.625 e. The molecule has 9 heteroatoms. The van der Waals surface area contributed by atoms with E-state index in [2.05, 4.69) is 83.0 Å². The minimum absolute atomic E-state index is 0. The summed E-state index contributed by atoms with van der Waals surface area (Å²) in [5, 5.41) is 19.9. The second-order valence-electron chi connectivity index (χ2n) is 12.9. The van der Waals surface area contributed by atoms with Crippen molar-refractivity contribution >= 4 is 56.4 Å². The summed E-state index contributed by atoms with van der Waals surface area (Å²) in [6.07, 6.45) is 1.65. The van der Waals surface area contributed by atoms with Crippen molar-refractivity contribution in [2.45, 2.75) is 38.4 Å². The van der Waals surface area contributed by atoms with Gasteiger partial charge in [0.05, 0.1) is 11.6 Å². The number of rotatable bonds is 11. The Hall–Kier alpha value is -4.85. The van der Waals surface area contributed by atoms with Crippen LogP contribution in [0.4, 0.5) is 5.69 Å². The van der Waals surface area contributed by atoms with E-state index < -0.39 is 12.0 Å². The third-order valence-corrected chi connectivity index (χ3v) is 9.67.